The molecular weight excluding hydrogens is 530 g/mol. The van der Waals surface area contributed by atoms with Crippen LogP contribution in [0.15, 0.2) is 55.0 Å². The lowest BCUT2D eigenvalue weighted by molar-refractivity contribution is 0.0694. The van der Waals surface area contributed by atoms with Crippen molar-refractivity contribution in [1.29, 1.82) is 0 Å². The van der Waals surface area contributed by atoms with E-state index in [0.29, 0.717) is 56.5 Å². The van der Waals surface area contributed by atoms with Gasteiger partial charge in [-0.3, -0.25) is 4.79 Å². The second kappa shape index (κ2) is 11.6. The van der Waals surface area contributed by atoms with Gasteiger partial charge in [0.1, 0.15) is 23.0 Å². The van der Waals surface area contributed by atoms with Gasteiger partial charge in [0.25, 0.3) is 5.91 Å². The van der Waals surface area contributed by atoms with Gasteiger partial charge in [-0.1, -0.05) is 0 Å². The van der Waals surface area contributed by atoms with Crippen LogP contribution < -0.4 is 10.2 Å². The topological polar surface area (TPSA) is 101 Å². The summed E-state index contributed by atoms with van der Waals surface area (Å²) in [5.41, 5.74) is 2.57. The van der Waals surface area contributed by atoms with E-state index in [2.05, 4.69) is 30.2 Å². The van der Waals surface area contributed by atoms with Gasteiger partial charge in [-0.2, -0.15) is 0 Å². The molecule has 0 saturated carbocycles. The maximum absolute atomic E-state index is 14.9. The quantitative estimate of drug-likeness (QED) is 0.371. The summed E-state index contributed by atoms with van der Waals surface area (Å²) >= 11 is 0. The van der Waals surface area contributed by atoms with Crippen LogP contribution in [0, 0.1) is 18.6 Å². The summed E-state index contributed by atoms with van der Waals surface area (Å²) in [6.45, 7) is 5.57. The van der Waals surface area contributed by atoms with E-state index in [-0.39, 0.29) is 29.4 Å². The van der Waals surface area contributed by atoms with E-state index in [1.165, 1.54) is 18.3 Å². The Hall–Kier alpha value is -4.45. The van der Waals surface area contributed by atoms with Crippen molar-refractivity contribution in [2.24, 2.45) is 0 Å². The maximum Gasteiger partial charge on any atom is 0.272 e. The number of nitrogens with one attached hydrogen (secondary N) is 1. The zero-order valence-corrected chi connectivity index (χ0v) is 22.6. The fourth-order valence-corrected chi connectivity index (χ4v) is 5.34. The summed E-state index contributed by atoms with van der Waals surface area (Å²) in [6.07, 6.45) is 5.95. The highest BCUT2D eigenvalue weighted by molar-refractivity contribution is 5.92. The first-order chi connectivity index (χ1) is 20.0. The lowest BCUT2D eigenvalue weighted by atomic mass is 10.1. The minimum Gasteiger partial charge on any atom is -0.381 e. The van der Waals surface area contributed by atoms with Crippen LogP contribution in [0.5, 0.6) is 0 Å². The number of piperazine rings is 1. The number of pyridine rings is 1. The molecule has 41 heavy (non-hydrogen) atoms. The van der Waals surface area contributed by atoms with E-state index in [4.69, 9.17) is 4.74 Å². The van der Waals surface area contributed by atoms with Gasteiger partial charge in [0.15, 0.2) is 5.82 Å². The van der Waals surface area contributed by atoms with E-state index in [9.17, 15) is 13.6 Å². The SMILES string of the molecule is Cc1ncc(-c2nc(Nc3ccc(C(=O)N4CCN(c5ccc(F)cc5)CC4)nc3)ncc2F)n1C1CCOCC1. The average molecular weight is 561 g/mol. The smallest absolute Gasteiger partial charge is 0.272 e. The molecule has 0 radical (unpaired) electrons. The Kier molecular flexibility index (Phi) is 7.55. The van der Waals surface area contributed by atoms with Gasteiger partial charge >= 0.3 is 0 Å². The number of halogens is 2. The Morgan fingerprint density at radius 1 is 0.927 bits per heavy atom. The van der Waals surface area contributed by atoms with Gasteiger partial charge in [-0.05, 0) is 56.2 Å². The first-order valence-electron chi connectivity index (χ1n) is 13.6. The number of carbonyl (C=O) groups excluding carboxylic acids is 1. The molecule has 0 atom stereocenters. The number of hydrogen-bond acceptors (Lipinski definition) is 8. The third kappa shape index (κ3) is 5.73. The molecule has 10 nitrogen and oxygen atoms in total. The number of nitrogens with zero attached hydrogens (tertiary/aromatic N) is 7. The number of hydrogen-bond donors (Lipinski definition) is 1. The molecule has 0 unspecified atom stereocenters. The molecule has 2 aliphatic heterocycles. The molecule has 1 N–H and O–H groups in total. The molecular formula is C29H30F2N8O2. The number of carbonyl (C=O) groups is 1. The first kappa shape index (κ1) is 26.8. The largest absolute Gasteiger partial charge is 0.381 e. The van der Waals surface area contributed by atoms with Crippen molar-refractivity contribution in [1.82, 2.24) is 29.4 Å². The summed E-state index contributed by atoms with van der Waals surface area (Å²) in [5.74, 6) is 0.0261. The average Bonchev–Trinajstić information content (AvgIpc) is 3.40. The number of rotatable bonds is 6. The highest BCUT2D eigenvalue weighted by atomic mass is 19.1. The summed E-state index contributed by atoms with van der Waals surface area (Å²) in [5, 5.41) is 3.06. The van der Waals surface area contributed by atoms with Crippen molar-refractivity contribution in [3.8, 4) is 11.4 Å². The van der Waals surface area contributed by atoms with Crippen LogP contribution in [-0.4, -0.2) is 74.7 Å². The molecule has 2 saturated heterocycles. The van der Waals surface area contributed by atoms with Crippen LogP contribution in [0.3, 0.4) is 0 Å². The molecule has 1 aromatic carbocycles. The van der Waals surface area contributed by atoms with Crippen LogP contribution in [0.1, 0.15) is 35.2 Å². The predicted octanol–water partition coefficient (Wildman–Crippen LogP) is 4.38. The van der Waals surface area contributed by atoms with E-state index < -0.39 is 5.82 Å². The molecule has 0 bridgehead atoms. The summed E-state index contributed by atoms with van der Waals surface area (Å²) in [6, 6.07) is 9.89. The highest BCUT2D eigenvalue weighted by Gasteiger charge is 2.25. The third-order valence-electron chi connectivity index (χ3n) is 7.52. The second-order valence-corrected chi connectivity index (χ2v) is 10.1. The fraction of sp³-hybridized carbons (Fsp3) is 0.345. The van der Waals surface area contributed by atoms with Crippen LogP contribution in [0.25, 0.3) is 11.4 Å². The molecule has 2 fully saturated rings. The summed E-state index contributed by atoms with van der Waals surface area (Å²) in [7, 11) is 0. The van der Waals surface area contributed by atoms with Crippen molar-refractivity contribution in [3.05, 3.63) is 78.1 Å². The number of imidazole rings is 1. The van der Waals surface area contributed by atoms with Gasteiger partial charge in [0, 0.05) is 51.1 Å². The zero-order chi connectivity index (χ0) is 28.3. The molecule has 3 aromatic heterocycles. The van der Waals surface area contributed by atoms with Crippen molar-refractivity contribution < 1.29 is 18.3 Å². The number of aromatic nitrogens is 5. The Morgan fingerprint density at radius 3 is 2.39 bits per heavy atom. The molecule has 0 spiro atoms. The molecule has 6 rings (SSSR count). The summed E-state index contributed by atoms with van der Waals surface area (Å²) in [4.78, 5) is 34.3. The second-order valence-electron chi connectivity index (χ2n) is 10.1. The minimum absolute atomic E-state index is 0.159. The molecule has 4 aromatic rings. The van der Waals surface area contributed by atoms with E-state index >= 15 is 0 Å². The number of amides is 1. The van der Waals surface area contributed by atoms with Crippen LogP contribution in [-0.2, 0) is 4.74 Å². The van der Waals surface area contributed by atoms with Gasteiger partial charge in [-0.15, -0.1) is 0 Å². The number of anilines is 3. The first-order valence-corrected chi connectivity index (χ1v) is 13.6. The van der Waals surface area contributed by atoms with E-state index in [1.807, 2.05) is 11.5 Å². The number of benzene rings is 1. The van der Waals surface area contributed by atoms with Gasteiger partial charge in [0.2, 0.25) is 5.95 Å². The third-order valence-corrected chi connectivity index (χ3v) is 7.52. The molecule has 2 aliphatic rings. The van der Waals surface area contributed by atoms with E-state index in [1.54, 1.807) is 35.4 Å². The molecule has 1 amide bonds. The van der Waals surface area contributed by atoms with E-state index in [0.717, 1.165) is 30.6 Å². The van der Waals surface area contributed by atoms with Gasteiger partial charge in [0.05, 0.1) is 30.0 Å². The monoisotopic (exact) mass is 560 g/mol. The molecule has 12 heteroatoms. The lowest BCUT2D eigenvalue weighted by Crippen LogP contribution is -2.49. The standard InChI is InChI=1S/C29H30F2N8O2/c1-19-32-18-26(39(19)23-8-14-41-15-9-23)27-24(31)17-34-29(36-27)35-21-4-7-25(33-16-21)28(40)38-12-10-37(11-13-38)22-5-2-20(30)3-6-22/h2-7,16-18,23H,8-15H2,1H3,(H,34,35,36). The highest BCUT2D eigenvalue weighted by Crippen LogP contribution is 2.31. The van der Waals surface area contributed by atoms with Gasteiger partial charge < -0.3 is 24.4 Å². The zero-order valence-electron chi connectivity index (χ0n) is 22.6. The van der Waals surface area contributed by atoms with Crippen molar-refractivity contribution in [3.63, 3.8) is 0 Å². The Bertz CT molecular complexity index is 1510. The predicted molar refractivity (Wildman–Crippen MR) is 149 cm³/mol. The van der Waals surface area contributed by atoms with Crippen LogP contribution in [0.2, 0.25) is 0 Å². The van der Waals surface area contributed by atoms with Gasteiger partial charge in [-0.25, -0.2) is 28.7 Å². The lowest BCUT2D eigenvalue weighted by Gasteiger charge is -2.36. The van der Waals surface area contributed by atoms with Crippen molar-refractivity contribution in [2.75, 3.05) is 49.6 Å². The number of ether oxygens (including phenoxy) is 1. The van der Waals surface area contributed by atoms with Crippen molar-refractivity contribution in [2.45, 2.75) is 25.8 Å². The Morgan fingerprint density at radius 2 is 1.68 bits per heavy atom. The van der Waals surface area contributed by atoms with Crippen molar-refractivity contribution >= 4 is 23.2 Å². The summed E-state index contributed by atoms with van der Waals surface area (Å²) < 4.78 is 35.7. The minimum atomic E-state index is -0.539. The molecule has 0 aliphatic carbocycles. The van der Waals surface area contributed by atoms with Crippen LogP contribution in [0.4, 0.5) is 26.1 Å². The molecule has 212 valence electrons. The molecule has 5 heterocycles. The normalized spacial score (nSPS) is 16.2. The Balaban J connectivity index is 1.12. The maximum atomic E-state index is 14.9. The fourth-order valence-electron chi connectivity index (χ4n) is 5.34. The number of aryl methyl sites for hydroxylation is 1. The van der Waals surface area contributed by atoms with Crippen LogP contribution >= 0.6 is 0 Å². The Labute approximate surface area is 236 Å².